The third-order valence-electron chi connectivity index (χ3n) is 2.96. The topological polar surface area (TPSA) is 72.9 Å². The third-order valence-corrected chi connectivity index (χ3v) is 4.88. The van der Waals surface area contributed by atoms with Crippen LogP contribution < -0.4 is 9.62 Å². The van der Waals surface area contributed by atoms with Gasteiger partial charge in [0.1, 0.15) is 5.75 Å². The molecule has 1 aliphatic heterocycles. The Labute approximate surface area is 107 Å². The van der Waals surface area contributed by atoms with Gasteiger partial charge in [0.15, 0.2) is 0 Å². The van der Waals surface area contributed by atoms with Gasteiger partial charge in [0.25, 0.3) is 0 Å². The molecular weight excluding hydrogens is 254 g/mol. The molecule has 0 saturated carbocycles. The van der Waals surface area contributed by atoms with E-state index < -0.39 is 10.2 Å². The largest absolute Gasteiger partial charge is 0.508 e. The second-order valence-corrected chi connectivity index (χ2v) is 6.10. The Bertz CT molecular complexity index is 495. The van der Waals surface area contributed by atoms with Gasteiger partial charge in [0.05, 0.1) is 5.69 Å². The van der Waals surface area contributed by atoms with Crippen LogP contribution in [-0.4, -0.2) is 51.1 Å². The van der Waals surface area contributed by atoms with Gasteiger partial charge < -0.3 is 10.4 Å². The number of hydrogen-bond donors (Lipinski definition) is 2. The van der Waals surface area contributed by atoms with Crippen LogP contribution in [0.2, 0.25) is 0 Å². The van der Waals surface area contributed by atoms with E-state index in [0.29, 0.717) is 31.9 Å². The Balaban J connectivity index is 2.20. The number of rotatable bonds is 3. The maximum Gasteiger partial charge on any atom is 0.303 e. The molecule has 0 spiro atoms. The van der Waals surface area contributed by atoms with E-state index in [0.717, 1.165) is 0 Å². The fraction of sp³-hybridized carbons (Fsp3) is 0.455. The zero-order chi connectivity index (χ0) is 13.2. The lowest BCUT2D eigenvalue weighted by Crippen LogP contribution is -2.51. The first-order valence-electron chi connectivity index (χ1n) is 5.75. The first-order valence-corrected chi connectivity index (χ1v) is 7.15. The highest BCUT2D eigenvalue weighted by atomic mass is 32.2. The fourth-order valence-corrected chi connectivity index (χ4v) is 3.22. The van der Waals surface area contributed by atoms with Crippen molar-refractivity contribution in [2.75, 3.05) is 37.5 Å². The molecule has 2 N–H and O–H groups in total. The lowest BCUT2D eigenvalue weighted by Gasteiger charge is -2.31. The zero-order valence-corrected chi connectivity index (χ0v) is 11.0. The average molecular weight is 271 g/mol. The van der Waals surface area contributed by atoms with E-state index >= 15 is 0 Å². The van der Waals surface area contributed by atoms with Gasteiger partial charge in [0, 0.05) is 33.2 Å². The molecule has 0 aliphatic carbocycles. The fourth-order valence-electron chi connectivity index (χ4n) is 1.84. The van der Waals surface area contributed by atoms with Crippen LogP contribution in [0, 0.1) is 0 Å². The Morgan fingerprint density at radius 2 is 1.78 bits per heavy atom. The molecule has 0 aromatic heterocycles. The molecular formula is C11H17N3O3S. The van der Waals surface area contributed by atoms with Crippen LogP contribution in [-0.2, 0) is 10.2 Å². The van der Waals surface area contributed by atoms with Crippen molar-refractivity contribution >= 4 is 15.9 Å². The second kappa shape index (κ2) is 5.13. The summed E-state index contributed by atoms with van der Waals surface area (Å²) in [6.45, 7) is 2.29. The van der Waals surface area contributed by atoms with Gasteiger partial charge in [-0.05, 0) is 24.3 Å². The molecule has 2 rings (SSSR count). The lowest BCUT2D eigenvalue weighted by molar-refractivity contribution is 0.359. The normalized spacial score (nSPS) is 17.6. The standard InChI is InChI=1S/C11H17N3O3S/c1-13(10-2-4-11(15)5-3-10)18(16,17)14-8-6-12-7-9-14/h2-5,12,15H,6-9H2,1H3. The van der Waals surface area contributed by atoms with E-state index in [9.17, 15) is 13.5 Å². The first kappa shape index (κ1) is 13.1. The highest BCUT2D eigenvalue weighted by Gasteiger charge is 2.28. The maximum absolute atomic E-state index is 12.3. The number of phenols is 1. The molecule has 1 heterocycles. The van der Waals surface area contributed by atoms with Crippen molar-refractivity contribution in [1.29, 1.82) is 0 Å². The summed E-state index contributed by atoms with van der Waals surface area (Å²) < 4.78 is 27.4. The quantitative estimate of drug-likeness (QED) is 0.810. The molecule has 0 amide bonds. The summed E-state index contributed by atoms with van der Waals surface area (Å²) in [6, 6.07) is 6.10. The molecule has 1 aromatic rings. The van der Waals surface area contributed by atoms with Gasteiger partial charge in [-0.2, -0.15) is 12.7 Å². The van der Waals surface area contributed by atoms with Gasteiger partial charge in [-0.3, -0.25) is 4.31 Å². The maximum atomic E-state index is 12.3. The highest BCUT2D eigenvalue weighted by Crippen LogP contribution is 2.21. The number of nitrogens with zero attached hydrogens (tertiary/aromatic N) is 2. The van der Waals surface area contributed by atoms with Gasteiger partial charge in [-0.25, -0.2) is 0 Å². The van der Waals surface area contributed by atoms with Crippen molar-refractivity contribution in [3.8, 4) is 5.75 Å². The molecule has 0 bridgehead atoms. The lowest BCUT2D eigenvalue weighted by atomic mass is 10.3. The molecule has 1 saturated heterocycles. The molecule has 100 valence electrons. The van der Waals surface area contributed by atoms with Crippen LogP contribution in [0.5, 0.6) is 5.75 Å². The molecule has 1 aliphatic rings. The zero-order valence-electron chi connectivity index (χ0n) is 10.2. The predicted octanol–water partition coefficient (Wildman–Crippen LogP) is -0.0216. The number of piperazine rings is 1. The van der Waals surface area contributed by atoms with Gasteiger partial charge >= 0.3 is 10.2 Å². The monoisotopic (exact) mass is 271 g/mol. The minimum absolute atomic E-state index is 0.117. The molecule has 0 unspecified atom stereocenters. The molecule has 1 aromatic carbocycles. The van der Waals surface area contributed by atoms with E-state index in [-0.39, 0.29) is 5.75 Å². The van der Waals surface area contributed by atoms with Crippen molar-refractivity contribution < 1.29 is 13.5 Å². The second-order valence-electron chi connectivity index (χ2n) is 4.14. The Morgan fingerprint density at radius 1 is 1.22 bits per heavy atom. The smallest absolute Gasteiger partial charge is 0.303 e. The summed E-state index contributed by atoms with van der Waals surface area (Å²) in [5.41, 5.74) is 0.534. The summed E-state index contributed by atoms with van der Waals surface area (Å²) in [7, 11) is -1.97. The number of nitrogens with one attached hydrogen (secondary N) is 1. The van der Waals surface area contributed by atoms with Crippen molar-refractivity contribution in [3.63, 3.8) is 0 Å². The van der Waals surface area contributed by atoms with E-state index in [1.165, 1.54) is 27.8 Å². The number of benzene rings is 1. The van der Waals surface area contributed by atoms with Crippen LogP contribution in [0.1, 0.15) is 0 Å². The van der Waals surface area contributed by atoms with Crippen LogP contribution in [0.4, 0.5) is 5.69 Å². The minimum Gasteiger partial charge on any atom is -0.508 e. The van der Waals surface area contributed by atoms with Crippen LogP contribution in [0.25, 0.3) is 0 Å². The van der Waals surface area contributed by atoms with E-state index in [2.05, 4.69) is 5.32 Å². The van der Waals surface area contributed by atoms with Crippen molar-refractivity contribution in [2.45, 2.75) is 0 Å². The number of hydrogen-bond acceptors (Lipinski definition) is 4. The SMILES string of the molecule is CN(c1ccc(O)cc1)S(=O)(=O)N1CCNCC1. The van der Waals surface area contributed by atoms with Gasteiger partial charge in [-0.1, -0.05) is 0 Å². The number of aromatic hydroxyl groups is 1. The summed E-state index contributed by atoms with van der Waals surface area (Å²) in [4.78, 5) is 0. The molecule has 1 fully saturated rings. The van der Waals surface area contributed by atoms with Crippen LogP contribution in [0.3, 0.4) is 0 Å². The third kappa shape index (κ3) is 2.58. The van der Waals surface area contributed by atoms with Crippen LogP contribution in [0.15, 0.2) is 24.3 Å². The van der Waals surface area contributed by atoms with Crippen molar-refractivity contribution in [3.05, 3.63) is 24.3 Å². The molecule has 0 radical (unpaired) electrons. The number of anilines is 1. The number of phenolic OH excluding ortho intramolecular Hbond substituents is 1. The van der Waals surface area contributed by atoms with E-state index in [1.54, 1.807) is 12.1 Å². The van der Waals surface area contributed by atoms with Crippen LogP contribution >= 0.6 is 0 Å². The van der Waals surface area contributed by atoms with Gasteiger partial charge in [0.2, 0.25) is 0 Å². The first-order chi connectivity index (χ1) is 8.51. The summed E-state index contributed by atoms with van der Waals surface area (Å²) in [5.74, 6) is 0.117. The summed E-state index contributed by atoms with van der Waals surface area (Å²) >= 11 is 0. The molecule has 0 atom stereocenters. The average Bonchev–Trinajstić information content (AvgIpc) is 2.40. The van der Waals surface area contributed by atoms with Crippen molar-refractivity contribution in [2.24, 2.45) is 0 Å². The highest BCUT2D eigenvalue weighted by molar-refractivity contribution is 7.90. The van der Waals surface area contributed by atoms with Gasteiger partial charge in [-0.15, -0.1) is 0 Å². The van der Waals surface area contributed by atoms with Crippen molar-refractivity contribution in [1.82, 2.24) is 9.62 Å². The Kier molecular flexibility index (Phi) is 3.74. The molecule has 18 heavy (non-hydrogen) atoms. The Morgan fingerprint density at radius 3 is 2.33 bits per heavy atom. The summed E-state index contributed by atoms with van der Waals surface area (Å²) in [6.07, 6.45) is 0. The predicted molar refractivity (Wildman–Crippen MR) is 69.9 cm³/mol. The van der Waals surface area contributed by atoms with E-state index in [1.807, 2.05) is 0 Å². The minimum atomic E-state index is -3.48. The summed E-state index contributed by atoms with van der Waals surface area (Å²) in [5, 5.41) is 12.3. The Hall–Kier alpha value is -1.31. The molecule has 7 heteroatoms. The van der Waals surface area contributed by atoms with E-state index in [4.69, 9.17) is 0 Å². The molecule has 6 nitrogen and oxygen atoms in total.